The fourth-order valence-electron chi connectivity index (χ4n) is 5.49. The number of fused-ring (bicyclic) bond motifs is 4. The molecule has 2 aliphatic heterocycles. The maximum Gasteiger partial charge on any atom is 0.0233 e. The molecule has 2 heteroatoms. The molecule has 0 N–H and O–H groups in total. The highest BCUT2D eigenvalue weighted by atomic mass is 15.2. The van der Waals surface area contributed by atoms with Crippen LogP contribution in [0.1, 0.15) is 11.1 Å². The van der Waals surface area contributed by atoms with Gasteiger partial charge in [-0.3, -0.25) is 9.80 Å². The molecule has 0 radical (unpaired) electrons. The predicted octanol–water partition coefficient (Wildman–Crippen LogP) is 3.50. The van der Waals surface area contributed by atoms with Crippen LogP contribution in [-0.4, -0.2) is 36.0 Å². The molecule has 1 saturated carbocycles. The lowest BCUT2D eigenvalue weighted by molar-refractivity contribution is 0.0629. The van der Waals surface area contributed by atoms with Crippen molar-refractivity contribution < 1.29 is 0 Å². The predicted molar refractivity (Wildman–Crippen MR) is 97.4 cm³/mol. The first-order valence-electron chi connectivity index (χ1n) is 9.39. The fraction of sp³-hybridized carbons (Fsp3) is 0.455. The van der Waals surface area contributed by atoms with Crippen molar-refractivity contribution in [3.05, 3.63) is 71.8 Å². The lowest BCUT2D eigenvalue weighted by atomic mass is 9.60. The summed E-state index contributed by atoms with van der Waals surface area (Å²) in [7, 11) is 0. The van der Waals surface area contributed by atoms with Gasteiger partial charge in [0.2, 0.25) is 0 Å². The van der Waals surface area contributed by atoms with E-state index in [1.54, 1.807) is 0 Å². The normalized spacial score (nSPS) is 32.3. The first kappa shape index (κ1) is 14.7. The van der Waals surface area contributed by atoms with Gasteiger partial charge >= 0.3 is 0 Å². The molecule has 2 aromatic carbocycles. The molecule has 5 rings (SSSR count). The summed E-state index contributed by atoms with van der Waals surface area (Å²) in [6.07, 6.45) is 0. The molecule has 0 unspecified atom stereocenters. The molecule has 24 heavy (non-hydrogen) atoms. The van der Waals surface area contributed by atoms with E-state index in [2.05, 4.69) is 70.5 Å². The molecule has 2 nitrogen and oxygen atoms in total. The van der Waals surface area contributed by atoms with Crippen molar-refractivity contribution in [3.8, 4) is 0 Å². The molecule has 2 heterocycles. The average molecular weight is 318 g/mol. The van der Waals surface area contributed by atoms with Gasteiger partial charge in [0.15, 0.2) is 0 Å². The second-order valence-corrected chi connectivity index (χ2v) is 8.01. The van der Waals surface area contributed by atoms with Gasteiger partial charge in [-0.2, -0.15) is 0 Å². The number of rotatable bonds is 4. The Balaban J connectivity index is 1.18. The maximum atomic E-state index is 2.70. The van der Waals surface area contributed by atoms with Gasteiger partial charge in [0, 0.05) is 39.3 Å². The molecule has 3 fully saturated rings. The fourth-order valence-corrected chi connectivity index (χ4v) is 5.49. The van der Waals surface area contributed by atoms with Gasteiger partial charge in [-0.05, 0) is 34.8 Å². The Morgan fingerprint density at radius 1 is 0.542 bits per heavy atom. The lowest BCUT2D eigenvalue weighted by Crippen LogP contribution is -2.44. The zero-order chi connectivity index (χ0) is 15.9. The van der Waals surface area contributed by atoms with Crippen LogP contribution in [0.15, 0.2) is 60.7 Å². The molecule has 2 aromatic rings. The first-order valence-corrected chi connectivity index (χ1v) is 9.39. The Kier molecular flexibility index (Phi) is 3.68. The second-order valence-electron chi connectivity index (χ2n) is 8.01. The Morgan fingerprint density at radius 2 is 0.875 bits per heavy atom. The van der Waals surface area contributed by atoms with Crippen LogP contribution >= 0.6 is 0 Å². The third-order valence-corrected chi connectivity index (χ3v) is 6.57. The van der Waals surface area contributed by atoms with Crippen molar-refractivity contribution in [2.75, 3.05) is 26.2 Å². The van der Waals surface area contributed by atoms with Crippen molar-refractivity contribution in [1.29, 1.82) is 0 Å². The molecular weight excluding hydrogens is 292 g/mol. The largest absolute Gasteiger partial charge is 0.298 e. The van der Waals surface area contributed by atoms with Gasteiger partial charge in [0.05, 0.1) is 0 Å². The lowest BCUT2D eigenvalue weighted by Gasteiger charge is -2.43. The third kappa shape index (κ3) is 2.58. The first-order chi connectivity index (χ1) is 11.9. The number of hydrogen-bond donors (Lipinski definition) is 0. The van der Waals surface area contributed by atoms with Gasteiger partial charge in [-0.15, -0.1) is 0 Å². The molecular formula is C22H26N2. The summed E-state index contributed by atoms with van der Waals surface area (Å²) in [4.78, 5) is 5.40. The van der Waals surface area contributed by atoms with Crippen LogP contribution in [0.3, 0.4) is 0 Å². The zero-order valence-corrected chi connectivity index (χ0v) is 14.2. The van der Waals surface area contributed by atoms with Crippen LogP contribution in [0.25, 0.3) is 0 Å². The van der Waals surface area contributed by atoms with E-state index in [-0.39, 0.29) is 0 Å². The van der Waals surface area contributed by atoms with Crippen LogP contribution < -0.4 is 0 Å². The van der Waals surface area contributed by atoms with Crippen LogP contribution in [0, 0.1) is 23.7 Å². The molecule has 0 atom stereocenters. The maximum absolute atomic E-state index is 2.70. The number of hydrogen-bond acceptors (Lipinski definition) is 2. The molecule has 1 aliphatic carbocycles. The average Bonchev–Trinajstić information content (AvgIpc) is 3.15. The highest BCUT2D eigenvalue weighted by Gasteiger charge is 2.57. The Morgan fingerprint density at radius 3 is 1.21 bits per heavy atom. The smallest absolute Gasteiger partial charge is 0.0233 e. The minimum atomic E-state index is 0.958. The van der Waals surface area contributed by atoms with E-state index in [1.165, 1.54) is 37.3 Å². The molecule has 124 valence electrons. The van der Waals surface area contributed by atoms with E-state index in [1.807, 2.05) is 0 Å². The molecule has 0 aromatic heterocycles. The van der Waals surface area contributed by atoms with Gasteiger partial charge in [-0.25, -0.2) is 0 Å². The van der Waals surface area contributed by atoms with Crippen LogP contribution in [0.5, 0.6) is 0 Å². The summed E-state index contributed by atoms with van der Waals surface area (Å²) >= 11 is 0. The zero-order valence-electron chi connectivity index (χ0n) is 14.2. The van der Waals surface area contributed by atoms with E-state index in [0.29, 0.717) is 0 Å². The second kappa shape index (κ2) is 6.02. The SMILES string of the molecule is c1ccc(CN2CC3C(C2)C2CN(Cc4ccccc4)CC32)cc1. The standard InChI is InChI=1S/C22H26N2/c1-3-7-17(8-4-1)11-23-13-19-20(14-23)22-16-24(15-21(19)22)12-18-9-5-2-6-10-18/h1-10,19-22H,11-16H2. The van der Waals surface area contributed by atoms with Crippen molar-refractivity contribution in [1.82, 2.24) is 9.80 Å². The van der Waals surface area contributed by atoms with Gasteiger partial charge in [0.25, 0.3) is 0 Å². The van der Waals surface area contributed by atoms with Crippen LogP contribution in [0.2, 0.25) is 0 Å². The Hall–Kier alpha value is -1.64. The van der Waals surface area contributed by atoms with Crippen molar-refractivity contribution >= 4 is 0 Å². The molecule has 3 aliphatic rings. The summed E-state index contributed by atoms with van der Waals surface area (Å²) in [6.45, 7) is 7.56. The van der Waals surface area contributed by atoms with Crippen molar-refractivity contribution in [2.24, 2.45) is 23.7 Å². The van der Waals surface area contributed by atoms with Crippen LogP contribution in [-0.2, 0) is 13.1 Å². The van der Waals surface area contributed by atoms with E-state index in [4.69, 9.17) is 0 Å². The minimum absolute atomic E-state index is 0.958. The molecule has 2 saturated heterocycles. The van der Waals surface area contributed by atoms with Gasteiger partial charge in [0.1, 0.15) is 0 Å². The van der Waals surface area contributed by atoms with Gasteiger partial charge < -0.3 is 0 Å². The quantitative estimate of drug-likeness (QED) is 0.851. The summed E-state index contributed by atoms with van der Waals surface area (Å²) in [5.41, 5.74) is 2.93. The van der Waals surface area contributed by atoms with E-state index < -0.39 is 0 Å². The topological polar surface area (TPSA) is 6.48 Å². The molecule has 0 spiro atoms. The monoisotopic (exact) mass is 318 g/mol. The number of likely N-dealkylation sites (tertiary alicyclic amines) is 2. The highest BCUT2D eigenvalue weighted by molar-refractivity contribution is 5.17. The Bertz CT molecular complexity index is 594. The summed E-state index contributed by atoms with van der Waals surface area (Å²) in [6, 6.07) is 21.9. The summed E-state index contributed by atoms with van der Waals surface area (Å²) < 4.78 is 0. The molecule has 0 amide bonds. The Labute approximate surface area is 145 Å². The van der Waals surface area contributed by atoms with E-state index in [0.717, 1.165) is 36.8 Å². The number of benzene rings is 2. The van der Waals surface area contributed by atoms with E-state index >= 15 is 0 Å². The number of nitrogens with zero attached hydrogens (tertiary/aromatic N) is 2. The highest BCUT2D eigenvalue weighted by Crippen LogP contribution is 2.54. The van der Waals surface area contributed by atoms with Crippen molar-refractivity contribution in [2.45, 2.75) is 13.1 Å². The van der Waals surface area contributed by atoms with E-state index in [9.17, 15) is 0 Å². The third-order valence-electron chi connectivity index (χ3n) is 6.57. The molecule has 0 bridgehead atoms. The summed E-state index contributed by atoms with van der Waals surface area (Å²) in [5, 5.41) is 0. The van der Waals surface area contributed by atoms with Gasteiger partial charge in [-0.1, -0.05) is 60.7 Å². The summed E-state index contributed by atoms with van der Waals surface area (Å²) in [5.74, 6) is 3.83. The van der Waals surface area contributed by atoms with Crippen LogP contribution in [0.4, 0.5) is 0 Å². The van der Waals surface area contributed by atoms with Crippen molar-refractivity contribution in [3.63, 3.8) is 0 Å². The minimum Gasteiger partial charge on any atom is -0.298 e.